The highest BCUT2D eigenvalue weighted by molar-refractivity contribution is 5.93. The molecule has 2 fully saturated rings. The van der Waals surface area contributed by atoms with E-state index in [0.717, 1.165) is 0 Å². The molecule has 6 rings (SSSR count). The molecular weight excluding hydrogens is 400 g/mol. The van der Waals surface area contributed by atoms with E-state index in [0.29, 0.717) is 54.5 Å². The van der Waals surface area contributed by atoms with Crippen LogP contribution in [-0.4, -0.2) is 62.6 Å². The number of hydrogen-bond acceptors (Lipinski definition) is 7. The van der Waals surface area contributed by atoms with E-state index in [-0.39, 0.29) is 30.6 Å². The number of likely N-dealkylation sites (tertiary alicyclic amines) is 1. The van der Waals surface area contributed by atoms with Gasteiger partial charge in [-0.2, -0.15) is 5.10 Å². The second-order valence-corrected chi connectivity index (χ2v) is 8.39. The summed E-state index contributed by atoms with van der Waals surface area (Å²) in [6.45, 7) is 1.47. The number of carbonyl (C=O) groups is 1. The van der Waals surface area contributed by atoms with Crippen molar-refractivity contribution < 1.29 is 24.1 Å². The van der Waals surface area contributed by atoms with E-state index in [1.54, 1.807) is 35.1 Å². The number of aliphatic hydroxyl groups is 1. The van der Waals surface area contributed by atoms with Gasteiger partial charge in [-0.15, -0.1) is 0 Å². The molecule has 1 N–H and O–H groups in total. The molecule has 31 heavy (non-hydrogen) atoms. The second-order valence-electron chi connectivity index (χ2n) is 8.39. The molecule has 2 aromatic heterocycles. The quantitative estimate of drug-likeness (QED) is 0.687. The molecule has 1 aromatic carbocycles. The highest BCUT2D eigenvalue weighted by atomic mass is 16.7. The first-order valence-electron chi connectivity index (χ1n) is 10.5. The molecule has 2 aliphatic heterocycles. The summed E-state index contributed by atoms with van der Waals surface area (Å²) in [7, 11) is 0. The SMILES string of the molecule is O=C(c1cc2ncccn2n1)N1C[C@H]2C[C@@H](Oc3ccc4c(c3)OCO4)[C@H](O)C[C@H]2C1. The highest BCUT2D eigenvalue weighted by Gasteiger charge is 2.44. The van der Waals surface area contributed by atoms with Crippen LogP contribution in [0.4, 0.5) is 0 Å². The summed E-state index contributed by atoms with van der Waals surface area (Å²) in [5, 5.41) is 15.1. The second kappa shape index (κ2) is 7.12. The number of aliphatic hydroxyl groups excluding tert-OH is 1. The van der Waals surface area contributed by atoms with Crippen molar-refractivity contribution in [2.24, 2.45) is 11.8 Å². The molecule has 3 aromatic rings. The minimum atomic E-state index is -0.582. The number of amides is 1. The number of fused-ring (bicyclic) bond motifs is 3. The van der Waals surface area contributed by atoms with Gasteiger partial charge in [-0.3, -0.25) is 4.79 Å². The third kappa shape index (κ3) is 3.25. The Bertz CT molecular complexity index is 1110. The predicted octanol–water partition coefficient (Wildman–Crippen LogP) is 1.75. The van der Waals surface area contributed by atoms with Gasteiger partial charge in [0, 0.05) is 37.6 Å². The van der Waals surface area contributed by atoms with Crippen LogP contribution in [0.25, 0.3) is 5.65 Å². The van der Waals surface area contributed by atoms with Gasteiger partial charge in [0.05, 0.1) is 6.10 Å². The smallest absolute Gasteiger partial charge is 0.274 e. The standard InChI is InChI=1S/C22H22N4O5/c27-17-6-13-10-25(22(28)16-9-21-23-4-1-5-26(21)24-16)11-14(13)7-19(17)31-15-2-3-18-20(8-15)30-12-29-18/h1-5,8-9,13-14,17,19,27H,6-7,10-12H2/t13-,14+,17+,19+/m0/s1. The Morgan fingerprint density at radius 2 is 1.97 bits per heavy atom. The summed E-state index contributed by atoms with van der Waals surface area (Å²) in [6.07, 6.45) is 3.85. The zero-order chi connectivity index (χ0) is 20.9. The van der Waals surface area contributed by atoms with Gasteiger partial charge < -0.3 is 24.2 Å². The zero-order valence-corrected chi connectivity index (χ0v) is 16.8. The summed E-state index contributed by atoms with van der Waals surface area (Å²) < 4.78 is 18.5. The minimum Gasteiger partial charge on any atom is -0.488 e. The topological polar surface area (TPSA) is 98.4 Å². The third-order valence-corrected chi connectivity index (χ3v) is 6.46. The number of benzene rings is 1. The Hall–Kier alpha value is -3.33. The lowest BCUT2D eigenvalue weighted by Crippen LogP contribution is -2.42. The van der Waals surface area contributed by atoms with Gasteiger partial charge in [0.25, 0.3) is 5.91 Å². The first-order chi connectivity index (χ1) is 15.1. The number of ether oxygens (including phenoxy) is 3. The fourth-order valence-electron chi connectivity index (χ4n) is 4.90. The summed E-state index contributed by atoms with van der Waals surface area (Å²) in [5.74, 6) is 2.44. The van der Waals surface area contributed by atoms with Gasteiger partial charge in [0.15, 0.2) is 22.8 Å². The van der Waals surface area contributed by atoms with Gasteiger partial charge in [-0.05, 0) is 42.9 Å². The first kappa shape index (κ1) is 18.4. The van der Waals surface area contributed by atoms with Crippen LogP contribution in [0.1, 0.15) is 23.3 Å². The van der Waals surface area contributed by atoms with Crippen molar-refractivity contribution in [2.45, 2.75) is 25.0 Å². The summed E-state index contributed by atoms with van der Waals surface area (Å²) in [5.41, 5.74) is 1.04. The Labute approximate surface area is 178 Å². The van der Waals surface area contributed by atoms with Crippen molar-refractivity contribution in [1.82, 2.24) is 19.5 Å². The van der Waals surface area contributed by atoms with E-state index in [2.05, 4.69) is 10.1 Å². The first-order valence-corrected chi connectivity index (χ1v) is 10.5. The van der Waals surface area contributed by atoms with Crippen LogP contribution in [-0.2, 0) is 0 Å². The molecule has 4 heterocycles. The van der Waals surface area contributed by atoms with E-state index < -0.39 is 6.10 Å². The van der Waals surface area contributed by atoms with Crippen molar-refractivity contribution >= 4 is 11.6 Å². The van der Waals surface area contributed by atoms with E-state index in [9.17, 15) is 9.90 Å². The van der Waals surface area contributed by atoms with Gasteiger partial charge in [-0.25, -0.2) is 9.50 Å². The van der Waals surface area contributed by atoms with E-state index in [4.69, 9.17) is 14.2 Å². The summed E-state index contributed by atoms with van der Waals surface area (Å²) >= 11 is 0. The lowest BCUT2D eigenvalue weighted by molar-refractivity contribution is -0.0232. The number of rotatable bonds is 3. The van der Waals surface area contributed by atoms with Crippen LogP contribution in [0.2, 0.25) is 0 Å². The predicted molar refractivity (Wildman–Crippen MR) is 108 cm³/mol. The van der Waals surface area contributed by atoms with Gasteiger partial charge >= 0.3 is 0 Å². The van der Waals surface area contributed by atoms with Crippen molar-refractivity contribution in [3.8, 4) is 17.2 Å². The molecule has 0 spiro atoms. The van der Waals surface area contributed by atoms with Crippen LogP contribution in [0, 0.1) is 11.8 Å². The summed E-state index contributed by atoms with van der Waals surface area (Å²) in [6, 6.07) is 8.93. The molecule has 3 aliphatic rings. The largest absolute Gasteiger partial charge is 0.488 e. The Morgan fingerprint density at radius 3 is 2.84 bits per heavy atom. The summed E-state index contributed by atoms with van der Waals surface area (Å²) in [4.78, 5) is 19.1. The van der Waals surface area contributed by atoms with Crippen LogP contribution in [0.3, 0.4) is 0 Å². The lowest BCUT2D eigenvalue weighted by atomic mass is 9.78. The third-order valence-electron chi connectivity index (χ3n) is 6.46. The molecule has 0 bridgehead atoms. The average Bonchev–Trinajstić information content (AvgIpc) is 3.50. The van der Waals surface area contributed by atoms with E-state index >= 15 is 0 Å². The van der Waals surface area contributed by atoms with Crippen LogP contribution in [0.15, 0.2) is 42.7 Å². The molecule has 0 unspecified atom stereocenters. The average molecular weight is 422 g/mol. The molecule has 1 aliphatic carbocycles. The molecule has 160 valence electrons. The number of aromatic nitrogens is 3. The van der Waals surface area contributed by atoms with Crippen molar-refractivity contribution in [3.63, 3.8) is 0 Å². The normalized spacial score (nSPS) is 26.8. The maximum Gasteiger partial charge on any atom is 0.274 e. The number of nitrogens with zero attached hydrogens (tertiary/aromatic N) is 4. The fraction of sp³-hybridized carbons (Fsp3) is 0.409. The monoisotopic (exact) mass is 422 g/mol. The molecule has 1 saturated carbocycles. The highest BCUT2D eigenvalue weighted by Crippen LogP contribution is 2.40. The molecule has 1 saturated heterocycles. The fourth-order valence-corrected chi connectivity index (χ4v) is 4.90. The molecular formula is C22H22N4O5. The van der Waals surface area contributed by atoms with E-state index in [1.807, 2.05) is 17.0 Å². The molecule has 4 atom stereocenters. The zero-order valence-electron chi connectivity index (χ0n) is 16.8. The van der Waals surface area contributed by atoms with Crippen LogP contribution < -0.4 is 14.2 Å². The van der Waals surface area contributed by atoms with Crippen molar-refractivity contribution in [3.05, 3.63) is 48.4 Å². The van der Waals surface area contributed by atoms with Gasteiger partial charge in [0.2, 0.25) is 6.79 Å². The number of carbonyl (C=O) groups excluding carboxylic acids is 1. The maximum absolute atomic E-state index is 13.0. The Morgan fingerprint density at radius 1 is 1.13 bits per heavy atom. The minimum absolute atomic E-state index is 0.0948. The molecule has 9 nitrogen and oxygen atoms in total. The Balaban J connectivity index is 1.15. The van der Waals surface area contributed by atoms with Crippen LogP contribution in [0.5, 0.6) is 17.2 Å². The molecule has 0 radical (unpaired) electrons. The number of hydrogen-bond donors (Lipinski definition) is 1. The lowest BCUT2D eigenvalue weighted by Gasteiger charge is -2.35. The van der Waals surface area contributed by atoms with Crippen LogP contribution >= 0.6 is 0 Å². The molecule has 1 amide bonds. The van der Waals surface area contributed by atoms with Crippen molar-refractivity contribution in [1.29, 1.82) is 0 Å². The van der Waals surface area contributed by atoms with E-state index in [1.165, 1.54) is 0 Å². The van der Waals surface area contributed by atoms with Crippen molar-refractivity contribution in [2.75, 3.05) is 19.9 Å². The maximum atomic E-state index is 13.0. The van der Waals surface area contributed by atoms with Gasteiger partial charge in [-0.1, -0.05) is 0 Å². The molecule has 9 heteroatoms. The Kier molecular flexibility index (Phi) is 4.24. The van der Waals surface area contributed by atoms with Gasteiger partial charge in [0.1, 0.15) is 11.9 Å².